The second kappa shape index (κ2) is 10.8. The SMILES string of the molecule is CCCCCCC(CCC(=O)O)C(O)(c1ccccc1)c1ccc(C(=O)O)cc1. The molecular weight excluding hydrogens is 368 g/mol. The number of carbonyl (C=O) groups is 2. The van der Waals surface area contributed by atoms with Gasteiger partial charge in [0.05, 0.1) is 5.56 Å². The summed E-state index contributed by atoms with van der Waals surface area (Å²) in [5, 5.41) is 30.4. The number of carboxylic acid groups (broad SMARTS) is 2. The molecule has 0 radical (unpaired) electrons. The van der Waals surface area contributed by atoms with E-state index in [9.17, 15) is 24.9 Å². The van der Waals surface area contributed by atoms with E-state index in [0.29, 0.717) is 24.0 Å². The molecule has 0 aromatic heterocycles. The maximum Gasteiger partial charge on any atom is 0.335 e. The standard InChI is InChI=1S/C24H30O5/c1-2-3-4-6-11-20(16-17-22(25)26)24(29,19-9-7-5-8-10-19)21-14-12-18(13-15-21)23(27)28/h5,7-10,12-15,20,29H,2-4,6,11,16-17H2,1H3,(H,25,26)(H,27,28). The monoisotopic (exact) mass is 398 g/mol. The van der Waals surface area contributed by atoms with Gasteiger partial charge in [0.25, 0.3) is 0 Å². The lowest BCUT2D eigenvalue weighted by Gasteiger charge is -2.38. The molecule has 0 spiro atoms. The van der Waals surface area contributed by atoms with Gasteiger partial charge in [-0.25, -0.2) is 4.79 Å². The first kappa shape index (κ1) is 22.6. The second-order valence-corrected chi connectivity index (χ2v) is 7.49. The Hall–Kier alpha value is -2.66. The van der Waals surface area contributed by atoms with Gasteiger partial charge in [-0.15, -0.1) is 0 Å². The van der Waals surface area contributed by atoms with Gasteiger partial charge in [0, 0.05) is 6.42 Å². The largest absolute Gasteiger partial charge is 0.481 e. The van der Waals surface area contributed by atoms with E-state index >= 15 is 0 Å². The van der Waals surface area contributed by atoms with Crippen molar-refractivity contribution in [1.82, 2.24) is 0 Å². The molecule has 0 heterocycles. The summed E-state index contributed by atoms with van der Waals surface area (Å²) < 4.78 is 0. The summed E-state index contributed by atoms with van der Waals surface area (Å²) in [4.78, 5) is 22.5. The Bertz CT molecular complexity index is 785. The molecule has 2 unspecified atom stereocenters. The smallest absolute Gasteiger partial charge is 0.335 e. The summed E-state index contributed by atoms with van der Waals surface area (Å²) in [5.41, 5.74) is 0.0303. The molecule has 0 amide bonds. The lowest BCUT2D eigenvalue weighted by atomic mass is 9.72. The number of aliphatic carboxylic acids is 1. The van der Waals surface area contributed by atoms with Gasteiger partial charge >= 0.3 is 11.9 Å². The topological polar surface area (TPSA) is 94.8 Å². The summed E-state index contributed by atoms with van der Waals surface area (Å²) in [6.07, 6.45) is 5.14. The van der Waals surface area contributed by atoms with Gasteiger partial charge in [-0.2, -0.15) is 0 Å². The minimum atomic E-state index is -1.39. The van der Waals surface area contributed by atoms with Crippen molar-refractivity contribution < 1.29 is 24.9 Å². The molecule has 2 rings (SSSR count). The molecule has 5 heteroatoms. The highest BCUT2D eigenvalue weighted by Gasteiger charge is 2.39. The van der Waals surface area contributed by atoms with Gasteiger partial charge in [-0.05, 0) is 42.0 Å². The maximum atomic E-state index is 12.0. The van der Waals surface area contributed by atoms with Gasteiger partial charge in [0.2, 0.25) is 0 Å². The average molecular weight is 398 g/mol. The van der Waals surface area contributed by atoms with Crippen molar-refractivity contribution in [2.24, 2.45) is 5.92 Å². The number of carboxylic acids is 2. The minimum Gasteiger partial charge on any atom is -0.481 e. The van der Waals surface area contributed by atoms with E-state index in [4.69, 9.17) is 0 Å². The molecule has 5 nitrogen and oxygen atoms in total. The maximum absolute atomic E-state index is 12.0. The van der Waals surface area contributed by atoms with Crippen LogP contribution in [0.4, 0.5) is 0 Å². The molecule has 0 aliphatic rings. The third-order valence-corrected chi connectivity index (χ3v) is 5.49. The summed E-state index contributed by atoms with van der Waals surface area (Å²) in [6, 6.07) is 15.5. The molecule has 2 aromatic rings. The average Bonchev–Trinajstić information content (AvgIpc) is 2.73. The Labute approximate surface area is 172 Å². The zero-order valence-electron chi connectivity index (χ0n) is 16.9. The van der Waals surface area contributed by atoms with E-state index in [0.717, 1.165) is 25.7 Å². The van der Waals surface area contributed by atoms with Crippen LogP contribution in [0, 0.1) is 5.92 Å². The molecule has 29 heavy (non-hydrogen) atoms. The Morgan fingerprint density at radius 2 is 1.48 bits per heavy atom. The zero-order chi connectivity index (χ0) is 21.3. The predicted molar refractivity (Wildman–Crippen MR) is 112 cm³/mol. The quantitative estimate of drug-likeness (QED) is 0.434. The number of unbranched alkanes of at least 4 members (excludes halogenated alkanes) is 3. The van der Waals surface area contributed by atoms with Gasteiger partial charge in [-0.1, -0.05) is 75.1 Å². The van der Waals surface area contributed by atoms with Crippen molar-refractivity contribution in [3.8, 4) is 0 Å². The fraction of sp³-hybridized carbons (Fsp3) is 0.417. The highest BCUT2D eigenvalue weighted by molar-refractivity contribution is 5.87. The molecule has 2 atom stereocenters. The summed E-state index contributed by atoms with van der Waals surface area (Å²) in [5.74, 6) is -2.21. The summed E-state index contributed by atoms with van der Waals surface area (Å²) in [6.45, 7) is 2.13. The van der Waals surface area contributed by atoms with Crippen LogP contribution in [-0.4, -0.2) is 27.3 Å². The van der Waals surface area contributed by atoms with Crippen LogP contribution in [0.25, 0.3) is 0 Å². The van der Waals surface area contributed by atoms with Crippen molar-refractivity contribution in [3.63, 3.8) is 0 Å². The molecule has 0 fully saturated rings. The van der Waals surface area contributed by atoms with Crippen molar-refractivity contribution in [1.29, 1.82) is 0 Å². The number of rotatable bonds is 12. The first-order chi connectivity index (χ1) is 13.9. The molecule has 0 bridgehead atoms. The van der Waals surface area contributed by atoms with E-state index in [1.807, 2.05) is 30.3 Å². The van der Waals surface area contributed by atoms with E-state index in [1.54, 1.807) is 12.1 Å². The summed E-state index contributed by atoms with van der Waals surface area (Å²) in [7, 11) is 0. The van der Waals surface area contributed by atoms with Gasteiger partial charge in [0.15, 0.2) is 0 Å². The predicted octanol–water partition coefficient (Wildman–Crippen LogP) is 5.07. The van der Waals surface area contributed by atoms with Crippen molar-refractivity contribution >= 4 is 11.9 Å². The molecule has 0 saturated heterocycles. The van der Waals surface area contributed by atoms with E-state index in [2.05, 4.69) is 6.92 Å². The first-order valence-corrected chi connectivity index (χ1v) is 10.2. The van der Waals surface area contributed by atoms with Crippen molar-refractivity contribution in [2.75, 3.05) is 0 Å². The van der Waals surface area contributed by atoms with Crippen LogP contribution in [0.3, 0.4) is 0 Å². The number of aliphatic hydroxyl groups is 1. The number of hydrogen-bond donors (Lipinski definition) is 3. The van der Waals surface area contributed by atoms with Crippen LogP contribution < -0.4 is 0 Å². The Morgan fingerprint density at radius 1 is 0.862 bits per heavy atom. The van der Waals surface area contributed by atoms with E-state index in [-0.39, 0.29) is 17.9 Å². The van der Waals surface area contributed by atoms with Gasteiger partial charge in [0.1, 0.15) is 5.60 Å². The Kier molecular flexibility index (Phi) is 8.40. The lowest BCUT2D eigenvalue weighted by molar-refractivity contribution is -0.137. The molecular formula is C24H30O5. The molecule has 0 aliphatic carbocycles. The van der Waals surface area contributed by atoms with Crippen LogP contribution in [0.1, 0.15) is 73.4 Å². The van der Waals surface area contributed by atoms with Crippen LogP contribution in [0.2, 0.25) is 0 Å². The molecule has 2 aromatic carbocycles. The number of hydrogen-bond acceptors (Lipinski definition) is 3. The third-order valence-electron chi connectivity index (χ3n) is 5.49. The van der Waals surface area contributed by atoms with Gasteiger partial charge in [-0.3, -0.25) is 4.79 Å². The van der Waals surface area contributed by atoms with E-state index < -0.39 is 17.5 Å². The number of aromatic carboxylic acids is 1. The van der Waals surface area contributed by atoms with Gasteiger partial charge < -0.3 is 15.3 Å². The van der Waals surface area contributed by atoms with Crippen molar-refractivity contribution in [3.05, 3.63) is 71.3 Å². The number of benzene rings is 2. The summed E-state index contributed by atoms with van der Waals surface area (Å²) >= 11 is 0. The third kappa shape index (κ3) is 5.91. The molecule has 156 valence electrons. The molecule has 0 aliphatic heterocycles. The fourth-order valence-corrected chi connectivity index (χ4v) is 3.87. The van der Waals surface area contributed by atoms with Crippen LogP contribution >= 0.6 is 0 Å². The molecule has 3 N–H and O–H groups in total. The Balaban J connectivity index is 2.46. The normalized spacial score (nSPS) is 14.1. The van der Waals surface area contributed by atoms with Crippen LogP contribution in [-0.2, 0) is 10.4 Å². The fourth-order valence-electron chi connectivity index (χ4n) is 3.87. The van der Waals surface area contributed by atoms with Crippen molar-refractivity contribution in [2.45, 2.75) is 57.5 Å². The second-order valence-electron chi connectivity index (χ2n) is 7.49. The van der Waals surface area contributed by atoms with Crippen LogP contribution in [0.15, 0.2) is 54.6 Å². The highest BCUT2D eigenvalue weighted by atomic mass is 16.4. The minimum absolute atomic E-state index is 0.0270. The molecule has 0 saturated carbocycles. The zero-order valence-corrected chi connectivity index (χ0v) is 16.9. The first-order valence-electron chi connectivity index (χ1n) is 10.2. The lowest BCUT2D eigenvalue weighted by Crippen LogP contribution is -2.37. The van der Waals surface area contributed by atoms with E-state index in [1.165, 1.54) is 12.1 Å². The Morgan fingerprint density at radius 3 is 2.03 bits per heavy atom. The highest BCUT2D eigenvalue weighted by Crippen LogP contribution is 2.42. The van der Waals surface area contributed by atoms with Crippen LogP contribution in [0.5, 0.6) is 0 Å².